The average molecular weight is 356 g/mol. The highest BCUT2D eigenvalue weighted by atomic mass is 79.9. The van der Waals surface area contributed by atoms with Gasteiger partial charge in [-0.1, -0.05) is 12.1 Å². The van der Waals surface area contributed by atoms with E-state index in [0.717, 1.165) is 10.0 Å². The lowest BCUT2D eigenvalue weighted by molar-refractivity contribution is 0.601. The second-order valence-corrected chi connectivity index (χ2v) is 6.76. The zero-order valence-electron chi connectivity index (χ0n) is 10.8. The Balaban J connectivity index is 2.32. The van der Waals surface area contributed by atoms with Crippen molar-refractivity contribution in [3.8, 4) is 0 Å². The van der Waals surface area contributed by atoms with Crippen molar-refractivity contribution in [3.05, 3.63) is 52.1 Å². The third kappa shape index (κ3) is 3.36. The monoisotopic (exact) mass is 355 g/mol. The number of sulfonamides is 1. The van der Waals surface area contributed by atoms with Crippen molar-refractivity contribution >= 4 is 31.8 Å². The minimum atomic E-state index is -3.66. The van der Waals surface area contributed by atoms with Crippen LogP contribution < -0.4 is 10.5 Å². The van der Waals surface area contributed by atoms with Crippen molar-refractivity contribution in [2.45, 2.75) is 18.4 Å². The zero-order valence-corrected chi connectivity index (χ0v) is 13.2. The number of hydrogen-bond acceptors (Lipinski definition) is 4. The normalized spacial score (nSPS) is 11.3. The number of nitrogens with two attached hydrogens (primary N) is 1. The molecule has 0 atom stereocenters. The van der Waals surface area contributed by atoms with Crippen LogP contribution in [0.5, 0.6) is 0 Å². The van der Waals surface area contributed by atoms with Crippen molar-refractivity contribution < 1.29 is 8.42 Å². The first-order valence-electron chi connectivity index (χ1n) is 5.87. The summed E-state index contributed by atoms with van der Waals surface area (Å²) in [5, 5.41) is 0. The van der Waals surface area contributed by atoms with Gasteiger partial charge in [0.1, 0.15) is 5.82 Å². The standard InChI is InChI=1S/C13H14BrN3O2S/c1-9-12(14)5-6-13(16-9)17-20(18,19)11-4-2-3-10(7-11)8-15/h2-7H,8,15H2,1H3,(H,16,17). The number of rotatable bonds is 4. The average Bonchev–Trinajstić information content (AvgIpc) is 2.43. The first-order chi connectivity index (χ1) is 9.42. The van der Waals surface area contributed by atoms with Gasteiger partial charge in [0.2, 0.25) is 0 Å². The molecule has 0 aliphatic heterocycles. The van der Waals surface area contributed by atoms with Crippen LogP contribution in [0.1, 0.15) is 11.3 Å². The summed E-state index contributed by atoms with van der Waals surface area (Å²) in [6.45, 7) is 2.08. The minimum absolute atomic E-state index is 0.169. The predicted molar refractivity (Wildman–Crippen MR) is 81.8 cm³/mol. The van der Waals surface area contributed by atoms with Gasteiger partial charge in [-0.3, -0.25) is 4.72 Å². The molecule has 1 aromatic heterocycles. The lowest BCUT2D eigenvalue weighted by Crippen LogP contribution is -2.14. The molecule has 0 fully saturated rings. The largest absolute Gasteiger partial charge is 0.326 e. The van der Waals surface area contributed by atoms with E-state index in [-0.39, 0.29) is 10.7 Å². The molecular formula is C13H14BrN3O2S. The van der Waals surface area contributed by atoms with E-state index >= 15 is 0 Å². The van der Waals surface area contributed by atoms with E-state index in [2.05, 4.69) is 25.6 Å². The first-order valence-corrected chi connectivity index (χ1v) is 8.15. The zero-order chi connectivity index (χ0) is 14.8. The van der Waals surface area contributed by atoms with Crippen molar-refractivity contribution in [2.24, 2.45) is 5.73 Å². The Kier molecular flexibility index (Phi) is 4.42. The number of nitrogens with one attached hydrogen (secondary N) is 1. The highest BCUT2D eigenvalue weighted by Crippen LogP contribution is 2.19. The third-order valence-corrected chi connectivity index (χ3v) is 4.90. The molecule has 2 aromatic rings. The summed E-state index contributed by atoms with van der Waals surface area (Å²) in [6, 6.07) is 9.86. The molecule has 0 unspecified atom stereocenters. The second kappa shape index (κ2) is 5.90. The van der Waals surface area contributed by atoms with Gasteiger partial charge in [0.05, 0.1) is 10.6 Å². The lowest BCUT2D eigenvalue weighted by atomic mass is 10.2. The Hall–Kier alpha value is -1.44. The maximum atomic E-state index is 12.3. The van der Waals surface area contributed by atoms with Gasteiger partial charge < -0.3 is 5.73 Å². The van der Waals surface area contributed by atoms with E-state index in [0.29, 0.717) is 12.2 Å². The van der Waals surface area contributed by atoms with Crippen molar-refractivity contribution in [1.29, 1.82) is 0 Å². The Labute approximate surface area is 126 Å². The van der Waals surface area contributed by atoms with Crippen LogP contribution in [0.4, 0.5) is 5.82 Å². The second-order valence-electron chi connectivity index (χ2n) is 4.22. The van der Waals surface area contributed by atoms with Gasteiger partial charge >= 0.3 is 0 Å². The molecule has 0 aliphatic rings. The van der Waals surface area contributed by atoms with Crippen LogP contribution in [0.25, 0.3) is 0 Å². The van der Waals surface area contributed by atoms with E-state index in [9.17, 15) is 8.42 Å². The molecule has 1 heterocycles. The maximum absolute atomic E-state index is 12.3. The number of hydrogen-bond donors (Lipinski definition) is 2. The minimum Gasteiger partial charge on any atom is -0.326 e. The van der Waals surface area contributed by atoms with Crippen LogP contribution in [0, 0.1) is 6.92 Å². The molecule has 1 aromatic carbocycles. The van der Waals surface area contributed by atoms with E-state index in [4.69, 9.17) is 5.73 Å². The smallest absolute Gasteiger partial charge is 0.263 e. The summed E-state index contributed by atoms with van der Waals surface area (Å²) >= 11 is 3.32. The summed E-state index contributed by atoms with van der Waals surface area (Å²) in [6.07, 6.45) is 0. The van der Waals surface area contributed by atoms with Crippen LogP contribution in [-0.4, -0.2) is 13.4 Å². The fourth-order valence-electron chi connectivity index (χ4n) is 1.64. The molecule has 0 radical (unpaired) electrons. The summed E-state index contributed by atoms with van der Waals surface area (Å²) in [7, 11) is -3.66. The highest BCUT2D eigenvalue weighted by Gasteiger charge is 2.15. The molecule has 0 spiro atoms. The van der Waals surface area contributed by atoms with Gasteiger partial charge in [-0.15, -0.1) is 0 Å². The molecule has 0 saturated carbocycles. The van der Waals surface area contributed by atoms with Gasteiger partial charge in [0, 0.05) is 11.0 Å². The van der Waals surface area contributed by atoms with Crippen LogP contribution in [0.3, 0.4) is 0 Å². The van der Waals surface area contributed by atoms with E-state index in [1.54, 1.807) is 37.3 Å². The number of halogens is 1. The molecule has 5 nitrogen and oxygen atoms in total. The SMILES string of the molecule is Cc1nc(NS(=O)(=O)c2cccc(CN)c2)ccc1Br. The molecule has 0 amide bonds. The van der Waals surface area contributed by atoms with Crippen LogP contribution in [-0.2, 0) is 16.6 Å². The number of benzene rings is 1. The quantitative estimate of drug-likeness (QED) is 0.881. The first kappa shape index (κ1) is 15.0. The Morgan fingerprint density at radius 3 is 2.70 bits per heavy atom. The number of aromatic nitrogens is 1. The number of anilines is 1. The molecule has 3 N–H and O–H groups in total. The Morgan fingerprint density at radius 2 is 2.05 bits per heavy atom. The number of pyridine rings is 1. The molecule has 0 bridgehead atoms. The van der Waals surface area contributed by atoms with Crippen molar-refractivity contribution in [2.75, 3.05) is 4.72 Å². The van der Waals surface area contributed by atoms with E-state index in [1.807, 2.05) is 0 Å². The maximum Gasteiger partial charge on any atom is 0.263 e. The van der Waals surface area contributed by atoms with Gasteiger partial charge in [0.15, 0.2) is 0 Å². The van der Waals surface area contributed by atoms with Gasteiger partial charge in [-0.05, 0) is 52.7 Å². The van der Waals surface area contributed by atoms with Crippen molar-refractivity contribution in [3.63, 3.8) is 0 Å². The van der Waals surface area contributed by atoms with Crippen LogP contribution >= 0.6 is 15.9 Å². The molecule has 0 aliphatic carbocycles. The summed E-state index contributed by atoms with van der Waals surface area (Å²) in [4.78, 5) is 4.33. The number of nitrogens with zero attached hydrogens (tertiary/aromatic N) is 1. The fourth-order valence-corrected chi connectivity index (χ4v) is 2.93. The Morgan fingerprint density at radius 1 is 1.30 bits per heavy atom. The van der Waals surface area contributed by atoms with Gasteiger partial charge in [0.25, 0.3) is 10.0 Å². The Bertz CT molecular complexity index is 732. The van der Waals surface area contributed by atoms with Crippen molar-refractivity contribution in [1.82, 2.24) is 4.98 Å². The summed E-state index contributed by atoms with van der Waals surface area (Å²) < 4.78 is 27.8. The fraction of sp³-hybridized carbons (Fsp3) is 0.154. The third-order valence-electron chi connectivity index (χ3n) is 2.70. The molecular weight excluding hydrogens is 342 g/mol. The molecule has 20 heavy (non-hydrogen) atoms. The predicted octanol–water partition coefficient (Wildman–Crippen LogP) is 2.41. The summed E-state index contributed by atoms with van der Waals surface area (Å²) in [5.41, 5.74) is 6.98. The van der Waals surface area contributed by atoms with E-state index < -0.39 is 10.0 Å². The van der Waals surface area contributed by atoms with E-state index in [1.165, 1.54) is 6.07 Å². The molecule has 2 rings (SSSR count). The number of aryl methyl sites for hydroxylation is 1. The van der Waals surface area contributed by atoms with Crippen LogP contribution in [0.15, 0.2) is 45.8 Å². The highest BCUT2D eigenvalue weighted by molar-refractivity contribution is 9.10. The lowest BCUT2D eigenvalue weighted by Gasteiger charge is -2.09. The molecule has 0 saturated heterocycles. The summed E-state index contributed by atoms with van der Waals surface area (Å²) in [5.74, 6) is 0.281. The topological polar surface area (TPSA) is 85.1 Å². The molecule has 106 valence electrons. The van der Waals surface area contributed by atoms with Crippen LogP contribution in [0.2, 0.25) is 0 Å². The van der Waals surface area contributed by atoms with Gasteiger partial charge in [-0.25, -0.2) is 13.4 Å². The van der Waals surface area contributed by atoms with Gasteiger partial charge in [-0.2, -0.15) is 0 Å². The molecule has 7 heteroatoms.